The first-order valence-corrected chi connectivity index (χ1v) is 5.56. The van der Waals surface area contributed by atoms with Crippen molar-refractivity contribution >= 4 is 6.08 Å². The summed E-state index contributed by atoms with van der Waals surface area (Å²) in [5.74, 6) is -3.80. The van der Waals surface area contributed by atoms with Crippen LogP contribution >= 0.6 is 0 Å². The van der Waals surface area contributed by atoms with Crippen molar-refractivity contribution in [3.63, 3.8) is 0 Å². The largest absolute Gasteiger partial charge is 0.383 e. The summed E-state index contributed by atoms with van der Waals surface area (Å²) in [7, 11) is 1.61. The Morgan fingerprint density at radius 3 is 2.44 bits per heavy atom. The molecule has 0 unspecified atom stereocenters. The smallest absolute Gasteiger partial charge is 0.194 e. The van der Waals surface area contributed by atoms with E-state index < -0.39 is 17.5 Å². The van der Waals surface area contributed by atoms with Crippen molar-refractivity contribution in [2.75, 3.05) is 26.8 Å². The van der Waals surface area contributed by atoms with Crippen molar-refractivity contribution in [2.24, 2.45) is 0 Å². The Morgan fingerprint density at radius 2 is 1.89 bits per heavy atom. The van der Waals surface area contributed by atoms with Crippen LogP contribution in [0.2, 0.25) is 0 Å². The molecule has 0 aliphatic carbocycles. The minimum atomic E-state index is -1.44. The third kappa shape index (κ3) is 4.50. The zero-order valence-corrected chi connectivity index (χ0v) is 10.4. The summed E-state index contributed by atoms with van der Waals surface area (Å²) >= 11 is 0. The normalized spacial score (nSPS) is 11.9. The van der Waals surface area contributed by atoms with E-state index in [1.807, 2.05) is 6.92 Å². The van der Waals surface area contributed by atoms with Crippen molar-refractivity contribution in [3.05, 3.63) is 40.7 Å². The van der Waals surface area contributed by atoms with Crippen molar-refractivity contribution < 1.29 is 17.9 Å². The fraction of sp³-hybridized carbons (Fsp3) is 0.385. The molecule has 0 aromatic heterocycles. The molecule has 0 aliphatic rings. The standard InChI is InChI=1S/C13H16F3NO/c1-9(8-17-3-4-18-2)5-10-6-11(14)13(16)12(15)7-10/h5-7,17H,3-4,8H2,1-2H3. The van der Waals surface area contributed by atoms with Crippen molar-refractivity contribution in [1.29, 1.82) is 0 Å². The Kier molecular flexibility index (Phi) is 5.88. The van der Waals surface area contributed by atoms with Gasteiger partial charge >= 0.3 is 0 Å². The Morgan fingerprint density at radius 1 is 1.28 bits per heavy atom. The molecule has 0 atom stereocenters. The Hall–Kier alpha value is -1.33. The molecule has 0 amide bonds. The maximum absolute atomic E-state index is 13.0. The minimum absolute atomic E-state index is 0.303. The van der Waals surface area contributed by atoms with E-state index in [1.165, 1.54) is 0 Å². The molecule has 0 aliphatic heterocycles. The molecule has 0 spiro atoms. The van der Waals surface area contributed by atoms with Gasteiger partial charge in [-0.2, -0.15) is 0 Å². The van der Waals surface area contributed by atoms with Gasteiger partial charge in [-0.3, -0.25) is 0 Å². The monoisotopic (exact) mass is 259 g/mol. The van der Waals surface area contributed by atoms with Gasteiger partial charge in [0.05, 0.1) is 6.61 Å². The van der Waals surface area contributed by atoms with Crippen LogP contribution in [0.25, 0.3) is 6.08 Å². The summed E-state index contributed by atoms with van der Waals surface area (Å²) < 4.78 is 43.5. The number of halogens is 3. The number of hydrogen-bond acceptors (Lipinski definition) is 2. The van der Waals surface area contributed by atoms with Gasteiger partial charge in [0.25, 0.3) is 0 Å². The van der Waals surface area contributed by atoms with Crippen LogP contribution in [0.3, 0.4) is 0 Å². The Labute approximate surface area is 104 Å². The second-order valence-electron chi connectivity index (χ2n) is 3.96. The molecule has 0 radical (unpaired) electrons. The van der Waals surface area contributed by atoms with E-state index in [-0.39, 0.29) is 0 Å². The van der Waals surface area contributed by atoms with E-state index in [1.54, 1.807) is 13.2 Å². The molecule has 5 heteroatoms. The topological polar surface area (TPSA) is 21.3 Å². The summed E-state index contributed by atoms with van der Waals surface area (Å²) in [5, 5.41) is 3.09. The maximum atomic E-state index is 13.0. The molecule has 0 saturated heterocycles. The number of ether oxygens (including phenoxy) is 1. The number of rotatable bonds is 6. The van der Waals surface area contributed by atoms with Gasteiger partial charge in [-0.15, -0.1) is 0 Å². The van der Waals surface area contributed by atoms with Crippen LogP contribution < -0.4 is 5.32 Å². The highest BCUT2D eigenvalue weighted by molar-refractivity contribution is 5.53. The summed E-state index contributed by atoms with van der Waals surface area (Å²) in [6.07, 6.45) is 1.60. The molecular formula is C13H16F3NO. The van der Waals surface area contributed by atoms with Crippen LogP contribution in [0, 0.1) is 17.5 Å². The van der Waals surface area contributed by atoms with Crippen LogP contribution in [0.4, 0.5) is 13.2 Å². The van der Waals surface area contributed by atoms with E-state index in [9.17, 15) is 13.2 Å². The molecule has 18 heavy (non-hydrogen) atoms. The number of hydrogen-bond donors (Lipinski definition) is 1. The molecular weight excluding hydrogens is 243 g/mol. The summed E-state index contributed by atoms with van der Waals surface area (Å²) in [4.78, 5) is 0. The highest BCUT2D eigenvalue weighted by atomic mass is 19.2. The average molecular weight is 259 g/mol. The third-order valence-corrected chi connectivity index (χ3v) is 2.31. The predicted octanol–water partition coefficient (Wildman–Crippen LogP) is 2.74. The molecule has 0 fully saturated rings. The first kappa shape index (κ1) is 14.7. The maximum Gasteiger partial charge on any atom is 0.194 e. The molecule has 0 heterocycles. The van der Waals surface area contributed by atoms with Crippen LogP contribution in [-0.2, 0) is 4.74 Å². The van der Waals surface area contributed by atoms with Crippen molar-refractivity contribution in [1.82, 2.24) is 5.32 Å². The summed E-state index contributed by atoms with van der Waals surface area (Å²) in [6.45, 7) is 3.67. The molecule has 1 aromatic carbocycles. The van der Waals surface area contributed by atoms with Gasteiger partial charge in [-0.1, -0.05) is 11.6 Å². The zero-order valence-electron chi connectivity index (χ0n) is 10.4. The van der Waals surface area contributed by atoms with Crippen LogP contribution in [-0.4, -0.2) is 26.8 Å². The minimum Gasteiger partial charge on any atom is -0.383 e. The van der Waals surface area contributed by atoms with E-state index in [4.69, 9.17) is 4.74 Å². The quantitative estimate of drug-likeness (QED) is 0.626. The van der Waals surface area contributed by atoms with Gasteiger partial charge in [0, 0.05) is 20.2 Å². The van der Waals surface area contributed by atoms with Gasteiger partial charge in [0.2, 0.25) is 0 Å². The van der Waals surface area contributed by atoms with E-state index in [0.717, 1.165) is 17.7 Å². The Balaban J connectivity index is 2.65. The lowest BCUT2D eigenvalue weighted by molar-refractivity contribution is 0.200. The van der Waals surface area contributed by atoms with E-state index >= 15 is 0 Å². The number of nitrogens with one attached hydrogen (secondary N) is 1. The molecule has 1 N–H and O–H groups in total. The molecule has 2 nitrogen and oxygen atoms in total. The second-order valence-corrected chi connectivity index (χ2v) is 3.96. The average Bonchev–Trinajstić information content (AvgIpc) is 2.31. The second kappa shape index (κ2) is 7.18. The lowest BCUT2D eigenvalue weighted by atomic mass is 10.1. The SMILES string of the molecule is COCCNCC(C)=Cc1cc(F)c(F)c(F)c1. The van der Waals surface area contributed by atoms with E-state index in [0.29, 0.717) is 25.3 Å². The first-order valence-electron chi connectivity index (χ1n) is 5.56. The van der Waals surface area contributed by atoms with Crippen LogP contribution in [0.5, 0.6) is 0 Å². The van der Waals surface area contributed by atoms with Gasteiger partial charge in [0.15, 0.2) is 17.5 Å². The van der Waals surface area contributed by atoms with Gasteiger partial charge in [0.1, 0.15) is 0 Å². The van der Waals surface area contributed by atoms with Gasteiger partial charge < -0.3 is 10.1 Å². The first-order chi connectivity index (χ1) is 8.54. The number of benzene rings is 1. The third-order valence-electron chi connectivity index (χ3n) is 2.31. The van der Waals surface area contributed by atoms with E-state index in [2.05, 4.69) is 5.32 Å². The molecule has 1 aromatic rings. The lowest BCUT2D eigenvalue weighted by Crippen LogP contribution is -2.20. The summed E-state index contributed by atoms with van der Waals surface area (Å²) in [6, 6.07) is 1.94. The fourth-order valence-electron chi connectivity index (χ4n) is 1.45. The summed E-state index contributed by atoms with van der Waals surface area (Å²) in [5.41, 5.74) is 1.19. The zero-order chi connectivity index (χ0) is 13.5. The van der Waals surface area contributed by atoms with Crippen LogP contribution in [0.15, 0.2) is 17.7 Å². The fourth-order valence-corrected chi connectivity index (χ4v) is 1.45. The van der Waals surface area contributed by atoms with Gasteiger partial charge in [-0.05, 0) is 24.6 Å². The molecule has 100 valence electrons. The van der Waals surface area contributed by atoms with Crippen molar-refractivity contribution in [2.45, 2.75) is 6.92 Å². The van der Waals surface area contributed by atoms with Crippen molar-refractivity contribution in [3.8, 4) is 0 Å². The highest BCUT2D eigenvalue weighted by Crippen LogP contribution is 2.15. The molecule has 1 rings (SSSR count). The lowest BCUT2D eigenvalue weighted by Gasteiger charge is -2.05. The Bertz CT molecular complexity index is 409. The molecule has 0 saturated carbocycles. The highest BCUT2D eigenvalue weighted by Gasteiger charge is 2.09. The molecule has 0 bridgehead atoms. The van der Waals surface area contributed by atoms with Gasteiger partial charge in [-0.25, -0.2) is 13.2 Å². The number of methoxy groups -OCH3 is 1. The predicted molar refractivity (Wildman–Crippen MR) is 64.7 cm³/mol. The van der Waals surface area contributed by atoms with Crippen LogP contribution in [0.1, 0.15) is 12.5 Å².